The van der Waals surface area contributed by atoms with Gasteiger partial charge in [-0.3, -0.25) is 4.79 Å². The van der Waals surface area contributed by atoms with Crippen LogP contribution in [0.2, 0.25) is 0 Å². The van der Waals surface area contributed by atoms with Gasteiger partial charge in [-0.2, -0.15) is 11.8 Å². The summed E-state index contributed by atoms with van der Waals surface area (Å²) in [6.07, 6.45) is 4.65. The van der Waals surface area contributed by atoms with Crippen molar-refractivity contribution in [1.29, 1.82) is 0 Å². The third-order valence-electron chi connectivity index (χ3n) is 2.99. The molecule has 0 bridgehead atoms. The first kappa shape index (κ1) is 9.38. The molecule has 0 aromatic rings. The van der Waals surface area contributed by atoms with Crippen LogP contribution in [-0.2, 0) is 4.79 Å². The Hall–Kier alpha value is -0.180. The van der Waals surface area contributed by atoms with E-state index in [2.05, 4.69) is 4.90 Å². The number of thioether (sulfide) groups is 1. The molecular formula is C10H17NOS. The molecule has 13 heavy (non-hydrogen) atoms. The van der Waals surface area contributed by atoms with Gasteiger partial charge in [-0.1, -0.05) is 0 Å². The summed E-state index contributed by atoms with van der Waals surface area (Å²) >= 11 is 1.99. The first-order valence-electron chi connectivity index (χ1n) is 5.24. The van der Waals surface area contributed by atoms with Gasteiger partial charge < -0.3 is 4.90 Å². The van der Waals surface area contributed by atoms with E-state index in [1.54, 1.807) is 0 Å². The summed E-state index contributed by atoms with van der Waals surface area (Å²) in [6.45, 7) is 2.03. The molecule has 0 unspecified atom stereocenters. The zero-order valence-electron chi connectivity index (χ0n) is 8.00. The third-order valence-corrected chi connectivity index (χ3v) is 4.04. The maximum atomic E-state index is 11.9. The van der Waals surface area contributed by atoms with Gasteiger partial charge in [0.05, 0.1) is 0 Å². The first-order chi connectivity index (χ1) is 6.38. The molecular weight excluding hydrogens is 182 g/mol. The number of rotatable bonds is 1. The molecule has 0 atom stereocenters. The highest BCUT2D eigenvalue weighted by Crippen LogP contribution is 2.25. The van der Waals surface area contributed by atoms with Gasteiger partial charge in [-0.05, 0) is 37.2 Å². The summed E-state index contributed by atoms with van der Waals surface area (Å²) in [7, 11) is 0. The van der Waals surface area contributed by atoms with Gasteiger partial charge in [-0.15, -0.1) is 0 Å². The Morgan fingerprint density at radius 1 is 1.15 bits per heavy atom. The molecule has 2 aliphatic heterocycles. The molecule has 0 aliphatic carbocycles. The molecule has 2 saturated heterocycles. The average molecular weight is 199 g/mol. The van der Waals surface area contributed by atoms with E-state index in [4.69, 9.17) is 0 Å². The Labute approximate surface area is 84.1 Å². The monoisotopic (exact) mass is 199 g/mol. The van der Waals surface area contributed by atoms with Crippen molar-refractivity contribution in [2.75, 3.05) is 24.6 Å². The number of hydrogen-bond donors (Lipinski definition) is 0. The summed E-state index contributed by atoms with van der Waals surface area (Å²) in [5, 5.41) is 0. The van der Waals surface area contributed by atoms with Gasteiger partial charge in [0, 0.05) is 19.0 Å². The largest absolute Gasteiger partial charge is 0.342 e. The van der Waals surface area contributed by atoms with E-state index < -0.39 is 0 Å². The van der Waals surface area contributed by atoms with Crippen molar-refractivity contribution in [3.8, 4) is 0 Å². The molecule has 0 aromatic carbocycles. The van der Waals surface area contributed by atoms with Crippen LogP contribution in [0.4, 0.5) is 0 Å². The van der Waals surface area contributed by atoms with Crippen molar-refractivity contribution in [2.24, 2.45) is 5.92 Å². The van der Waals surface area contributed by atoms with Gasteiger partial charge in [0.2, 0.25) is 5.91 Å². The minimum Gasteiger partial charge on any atom is -0.342 e. The van der Waals surface area contributed by atoms with Gasteiger partial charge in [0.1, 0.15) is 0 Å². The second kappa shape index (κ2) is 4.36. The lowest BCUT2D eigenvalue weighted by atomic mass is 10.0. The number of carbonyl (C=O) groups is 1. The molecule has 2 fully saturated rings. The lowest BCUT2D eigenvalue weighted by molar-refractivity contribution is -0.134. The number of amides is 1. The van der Waals surface area contributed by atoms with E-state index >= 15 is 0 Å². The lowest BCUT2D eigenvalue weighted by Crippen LogP contribution is -2.35. The Morgan fingerprint density at radius 2 is 1.77 bits per heavy atom. The van der Waals surface area contributed by atoms with Crippen molar-refractivity contribution in [3.63, 3.8) is 0 Å². The van der Waals surface area contributed by atoms with Crippen LogP contribution in [0.5, 0.6) is 0 Å². The van der Waals surface area contributed by atoms with Gasteiger partial charge >= 0.3 is 0 Å². The van der Waals surface area contributed by atoms with E-state index in [0.717, 1.165) is 25.9 Å². The second-order valence-electron chi connectivity index (χ2n) is 3.92. The fourth-order valence-corrected chi connectivity index (χ4v) is 3.25. The van der Waals surface area contributed by atoms with Crippen LogP contribution >= 0.6 is 11.8 Å². The van der Waals surface area contributed by atoms with Crippen LogP contribution < -0.4 is 0 Å². The quantitative estimate of drug-likeness (QED) is 0.641. The predicted octanol–water partition coefficient (Wildman–Crippen LogP) is 1.75. The number of carbonyl (C=O) groups excluding carboxylic acids is 1. The zero-order valence-corrected chi connectivity index (χ0v) is 8.81. The highest BCUT2D eigenvalue weighted by Gasteiger charge is 2.27. The molecule has 3 heteroatoms. The molecule has 0 saturated carbocycles. The molecule has 2 nitrogen and oxygen atoms in total. The van der Waals surface area contributed by atoms with Crippen molar-refractivity contribution in [3.05, 3.63) is 0 Å². The van der Waals surface area contributed by atoms with Crippen LogP contribution in [0.3, 0.4) is 0 Å². The molecule has 0 aromatic heterocycles. The van der Waals surface area contributed by atoms with Crippen molar-refractivity contribution in [2.45, 2.75) is 25.7 Å². The van der Waals surface area contributed by atoms with E-state index in [0.29, 0.717) is 11.8 Å². The average Bonchev–Trinajstić information content (AvgIpc) is 2.71. The maximum absolute atomic E-state index is 11.9. The van der Waals surface area contributed by atoms with Gasteiger partial charge in [-0.25, -0.2) is 0 Å². The maximum Gasteiger partial charge on any atom is 0.225 e. The normalized spacial score (nSPS) is 25.1. The highest BCUT2D eigenvalue weighted by molar-refractivity contribution is 7.99. The zero-order chi connectivity index (χ0) is 9.10. The van der Waals surface area contributed by atoms with Crippen molar-refractivity contribution >= 4 is 17.7 Å². The number of hydrogen-bond acceptors (Lipinski definition) is 2. The SMILES string of the molecule is O=C(C1CCSCC1)N1CCCC1. The number of nitrogens with zero attached hydrogens (tertiary/aromatic N) is 1. The van der Waals surface area contributed by atoms with Gasteiger partial charge in [0.25, 0.3) is 0 Å². The molecule has 2 aliphatic rings. The standard InChI is InChI=1S/C10H17NOS/c12-10(11-5-1-2-6-11)9-3-7-13-8-4-9/h9H,1-8H2. The van der Waals surface area contributed by atoms with Crippen LogP contribution in [0.1, 0.15) is 25.7 Å². The third kappa shape index (κ3) is 2.19. The van der Waals surface area contributed by atoms with E-state index in [9.17, 15) is 4.79 Å². The van der Waals surface area contributed by atoms with Crippen LogP contribution in [-0.4, -0.2) is 35.4 Å². The van der Waals surface area contributed by atoms with Crippen molar-refractivity contribution in [1.82, 2.24) is 4.90 Å². The smallest absolute Gasteiger partial charge is 0.225 e. The molecule has 2 heterocycles. The molecule has 74 valence electrons. The Balaban J connectivity index is 1.87. The fraction of sp³-hybridized carbons (Fsp3) is 0.900. The summed E-state index contributed by atoms with van der Waals surface area (Å²) in [5.41, 5.74) is 0. The predicted molar refractivity (Wildman–Crippen MR) is 55.9 cm³/mol. The Morgan fingerprint density at radius 3 is 2.38 bits per heavy atom. The minimum atomic E-state index is 0.361. The second-order valence-corrected chi connectivity index (χ2v) is 5.14. The Bertz CT molecular complexity index is 183. The van der Waals surface area contributed by atoms with Crippen LogP contribution in [0.15, 0.2) is 0 Å². The van der Waals surface area contributed by atoms with Crippen molar-refractivity contribution < 1.29 is 4.79 Å². The molecule has 0 spiro atoms. The lowest BCUT2D eigenvalue weighted by Gasteiger charge is -2.25. The van der Waals surface area contributed by atoms with Crippen LogP contribution in [0.25, 0.3) is 0 Å². The van der Waals surface area contributed by atoms with Gasteiger partial charge in [0.15, 0.2) is 0 Å². The van der Waals surface area contributed by atoms with E-state index in [1.807, 2.05) is 11.8 Å². The topological polar surface area (TPSA) is 20.3 Å². The molecule has 1 amide bonds. The van der Waals surface area contributed by atoms with E-state index in [-0.39, 0.29) is 0 Å². The summed E-state index contributed by atoms with van der Waals surface area (Å²) in [4.78, 5) is 14.0. The first-order valence-corrected chi connectivity index (χ1v) is 6.40. The summed E-state index contributed by atoms with van der Waals surface area (Å²) < 4.78 is 0. The fourth-order valence-electron chi connectivity index (χ4n) is 2.14. The molecule has 0 radical (unpaired) electrons. The highest BCUT2D eigenvalue weighted by atomic mass is 32.2. The van der Waals surface area contributed by atoms with E-state index in [1.165, 1.54) is 24.3 Å². The summed E-state index contributed by atoms with van der Waals surface area (Å²) in [6, 6.07) is 0. The number of likely N-dealkylation sites (tertiary alicyclic amines) is 1. The molecule has 2 rings (SSSR count). The minimum absolute atomic E-state index is 0.361. The van der Waals surface area contributed by atoms with Crippen LogP contribution in [0, 0.1) is 5.92 Å². The molecule has 0 N–H and O–H groups in total. The Kier molecular flexibility index (Phi) is 3.14. The summed E-state index contributed by atoms with van der Waals surface area (Å²) in [5.74, 6) is 3.17.